The monoisotopic (exact) mass is 386 g/mol. The molecule has 2 aliphatic rings. The lowest BCUT2D eigenvalue weighted by Gasteiger charge is -2.14. The number of likely N-dealkylation sites (tertiary alicyclic amines) is 1. The molecule has 0 saturated carbocycles. The van der Waals surface area contributed by atoms with Crippen LogP contribution in [0.2, 0.25) is 0 Å². The Hall–Kier alpha value is -2.70. The molecule has 150 valence electrons. The fraction of sp³-hybridized carbons (Fsp3) is 0.524. The van der Waals surface area contributed by atoms with E-state index in [1.54, 1.807) is 6.07 Å². The van der Waals surface area contributed by atoms with Gasteiger partial charge in [-0.2, -0.15) is 0 Å². The Morgan fingerprint density at radius 3 is 2.25 bits per heavy atom. The van der Waals surface area contributed by atoms with Crippen molar-refractivity contribution in [2.24, 2.45) is 11.8 Å². The second-order valence-corrected chi connectivity index (χ2v) is 7.35. The van der Waals surface area contributed by atoms with Gasteiger partial charge in [0.1, 0.15) is 0 Å². The highest BCUT2D eigenvalue weighted by molar-refractivity contribution is 6.05. The van der Waals surface area contributed by atoms with Gasteiger partial charge in [0.25, 0.3) is 0 Å². The minimum atomic E-state index is -0.591. The lowest BCUT2D eigenvalue weighted by molar-refractivity contribution is -0.145. The third kappa shape index (κ3) is 3.66. The minimum Gasteiger partial charge on any atom is -0.457 e. The number of ketones is 1. The van der Waals surface area contributed by atoms with Crippen LogP contribution < -0.4 is 0 Å². The molecule has 0 bridgehead atoms. The number of amides is 2. The number of nitrogens with zero attached hydrogens (tertiary/aromatic N) is 2. The van der Waals surface area contributed by atoms with Crippen molar-refractivity contribution in [1.29, 1.82) is 0 Å². The standard InChI is InChI=1S/C21H26N2O5/c1-4-22-13(2)11-17(14(22)3)18(24)12-28-19(25)9-10-23-20(26)15-7-5-6-8-16(15)21(23)27/h5-6,11,15-16H,4,7-10,12H2,1-3H3/t15-,16-/m0/s1. The number of rotatable bonds is 7. The summed E-state index contributed by atoms with van der Waals surface area (Å²) in [5.41, 5.74) is 2.39. The second-order valence-electron chi connectivity index (χ2n) is 7.35. The predicted molar refractivity (Wildman–Crippen MR) is 102 cm³/mol. The van der Waals surface area contributed by atoms with Crippen molar-refractivity contribution in [1.82, 2.24) is 9.47 Å². The van der Waals surface area contributed by atoms with Crippen molar-refractivity contribution in [2.75, 3.05) is 13.2 Å². The summed E-state index contributed by atoms with van der Waals surface area (Å²) >= 11 is 0. The van der Waals surface area contributed by atoms with Gasteiger partial charge in [-0.15, -0.1) is 0 Å². The van der Waals surface area contributed by atoms with Gasteiger partial charge in [0.05, 0.1) is 18.3 Å². The molecule has 0 N–H and O–H groups in total. The first-order valence-corrected chi connectivity index (χ1v) is 9.70. The van der Waals surface area contributed by atoms with E-state index in [1.165, 1.54) is 4.90 Å². The van der Waals surface area contributed by atoms with E-state index in [2.05, 4.69) is 0 Å². The van der Waals surface area contributed by atoms with Crippen LogP contribution in [-0.2, 0) is 25.7 Å². The second kappa shape index (κ2) is 8.12. The fourth-order valence-corrected chi connectivity index (χ4v) is 4.16. The number of Topliss-reactive ketones (excluding diaryl/α,β-unsaturated/α-hetero) is 1. The van der Waals surface area contributed by atoms with Gasteiger partial charge in [-0.25, -0.2) is 0 Å². The molecule has 2 amide bonds. The van der Waals surface area contributed by atoms with Crippen molar-refractivity contribution >= 4 is 23.6 Å². The molecule has 2 heterocycles. The summed E-state index contributed by atoms with van der Waals surface area (Å²) in [5.74, 6) is -1.88. The summed E-state index contributed by atoms with van der Waals surface area (Å²) in [6, 6.07) is 1.80. The Balaban J connectivity index is 1.51. The van der Waals surface area contributed by atoms with Gasteiger partial charge in [-0.3, -0.25) is 24.1 Å². The van der Waals surface area contributed by atoms with Crippen LogP contribution in [0.5, 0.6) is 0 Å². The highest BCUT2D eigenvalue weighted by Crippen LogP contribution is 2.35. The van der Waals surface area contributed by atoms with E-state index in [9.17, 15) is 19.2 Å². The molecule has 0 aromatic carbocycles. The number of carbonyl (C=O) groups excluding carboxylic acids is 4. The first-order chi connectivity index (χ1) is 13.3. The first kappa shape index (κ1) is 20.0. The number of hydrogen-bond acceptors (Lipinski definition) is 5. The molecule has 1 aliphatic carbocycles. The lowest BCUT2D eigenvalue weighted by atomic mass is 9.85. The minimum absolute atomic E-state index is 0.00202. The number of esters is 1. The topological polar surface area (TPSA) is 85.7 Å². The number of aromatic nitrogens is 1. The average molecular weight is 386 g/mol. The number of imide groups is 1. The zero-order valence-electron chi connectivity index (χ0n) is 16.6. The van der Waals surface area contributed by atoms with Crippen molar-refractivity contribution in [3.8, 4) is 0 Å². The van der Waals surface area contributed by atoms with E-state index in [4.69, 9.17) is 4.74 Å². The van der Waals surface area contributed by atoms with Gasteiger partial charge in [0.15, 0.2) is 6.61 Å². The van der Waals surface area contributed by atoms with Gasteiger partial charge < -0.3 is 9.30 Å². The van der Waals surface area contributed by atoms with Gasteiger partial charge in [0, 0.05) is 30.0 Å². The Morgan fingerprint density at radius 1 is 1.11 bits per heavy atom. The van der Waals surface area contributed by atoms with Crippen LogP contribution in [0.1, 0.15) is 47.9 Å². The van der Waals surface area contributed by atoms with Crippen LogP contribution >= 0.6 is 0 Å². The van der Waals surface area contributed by atoms with Crippen LogP contribution in [-0.4, -0.2) is 46.2 Å². The number of hydrogen-bond donors (Lipinski definition) is 0. The Kier molecular flexibility index (Phi) is 5.82. The van der Waals surface area contributed by atoms with E-state index in [0.29, 0.717) is 18.4 Å². The lowest BCUT2D eigenvalue weighted by Crippen LogP contribution is -2.33. The maximum Gasteiger partial charge on any atom is 0.308 e. The van der Waals surface area contributed by atoms with E-state index in [1.807, 2.05) is 37.5 Å². The van der Waals surface area contributed by atoms with E-state index < -0.39 is 5.97 Å². The maximum absolute atomic E-state index is 12.4. The first-order valence-electron chi connectivity index (χ1n) is 9.70. The normalized spacial score (nSPS) is 21.2. The quantitative estimate of drug-likeness (QED) is 0.310. The Labute approximate surface area is 164 Å². The molecule has 1 aromatic rings. The number of fused-ring (bicyclic) bond motifs is 1. The molecule has 1 fully saturated rings. The third-order valence-corrected chi connectivity index (χ3v) is 5.69. The SMILES string of the molecule is CCn1c(C)cc(C(=O)COC(=O)CCN2C(=O)[C@H]3CC=CC[C@@H]3C2=O)c1C. The highest BCUT2D eigenvalue weighted by atomic mass is 16.5. The fourth-order valence-electron chi connectivity index (χ4n) is 4.16. The summed E-state index contributed by atoms with van der Waals surface area (Å²) in [7, 11) is 0. The van der Waals surface area contributed by atoms with Gasteiger partial charge in [0.2, 0.25) is 17.6 Å². The number of aryl methyl sites for hydroxylation is 1. The zero-order chi connectivity index (χ0) is 20.4. The van der Waals surface area contributed by atoms with Crippen LogP contribution in [0.15, 0.2) is 18.2 Å². The molecule has 1 saturated heterocycles. The Morgan fingerprint density at radius 2 is 1.71 bits per heavy atom. The van der Waals surface area contributed by atoms with Crippen molar-refractivity contribution in [3.05, 3.63) is 35.2 Å². The third-order valence-electron chi connectivity index (χ3n) is 5.69. The largest absolute Gasteiger partial charge is 0.457 e. The molecule has 2 atom stereocenters. The van der Waals surface area contributed by atoms with Gasteiger partial charge >= 0.3 is 5.97 Å². The average Bonchev–Trinajstić information content (AvgIpc) is 3.11. The molecule has 7 heteroatoms. The predicted octanol–water partition coefficient (Wildman–Crippen LogP) is 2.19. The summed E-state index contributed by atoms with van der Waals surface area (Å²) in [5, 5.41) is 0. The molecule has 1 aromatic heterocycles. The number of carbonyl (C=O) groups is 4. The smallest absolute Gasteiger partial charge is 0.308 e. The van der Waals surface area contributed by atoms with Crippen molar-refractivity contribution < 1.29 is 23.9 Å². The van der Waals surface area contributed by atoms with Gasteiger partial charge in [-0.05, 0) is 39.7 Å². The van der Waals surface area contributed by atoms with E-state index >= 15 is 0 Å². The molecule has 3 rings (SSSR count). The van der Waals surface area contributed by atoms with Gasteiger partial charge in [-0.1, -0.05) is 12.2 Å². The van der Waals surface area contributed by atoms with Crippen molar-refractivity contribution in [3.63, 3.8) is 0 Å². The molecule has 0 spiro atoms. The molecule has 0 unspecified atom stereocenters. The summed E-state index contributed by atoms with van der Waals surface area (Å²) < 4.78 is 7.11. The van der Waals surface area contributed by atoms with E-state index in [0.717, 1.165) is 17.9 Å². The van der Waals surface area contributed by atoms with Crippen LogP contribution in [0.25, 0.3) is 0 Å². The van der Waals surface area contributed by atoms with Crippen LogP contribution in [0, 0.1) is 25.7 Å². The maximum atomic E-state index is 12.4. The molecule has 7 nitrogen and oxygen atoms in total. The molecule has 28 heavy (non-hydrogen) atoms. The molecular formula is C21H26N2O5. The van der Waals surface area contributed by atoms with E-state index in [-0.39, 0.29) is 49.0 Å². The van der Waals surface area contributed by atoms with Crippen LogP contribution in [0.4, 0.5) is 0 Å². The Bertz CT molecular complexity index is 825. The molecular weight excluding hydrogens is 360 g/mol. The molecule has 1 aliphatic heterocycles. The number of ether oxygens (including phenoxy) is 1. The van der Waals surface area contributed by atoms with Crippen molar-refractivity contribution in [2.45, 2.75) is 46.6 Å². The summed E-state index contributed by atoms with van der Waals surface area (Å²) in [6.45, 7) is 6.22. The zero-order valence-corrected chi connectivity index (χ0v) is 16.6. The highest BCUT2D eigenvalue weighted by Gasteiger charge is 2.46. The van der Waals surface area contributed by atoms with Crippen LogP contribution in [0.3, 0.4) is 0 Å². The summed E-state index contributed by atoms with van der Waals surface area (Å²) in [4.78, 5) is 50.3. The summed E-state index contributed by atoms with van der Waals surface area (Å²) in [6.07, 6.45) is 4.88. The molecule has 0 radical (unpaired) electrons. The number of allylic oxidation sites excluding steroid dienone is 2.